The number of benzene rings is 1. The Morgan fingerprint density at radius 3 is 2.67 bits per heavy atom. The Hall–Kier alpha value is -1.37. The Morgan fingerprint density at radius 2 is 2.07 bits per heavy atom. The summed E-state index contributed by atoms with van der Waals surface area (Å²) in [6.07, 6.45) is 0.977. The second-order valence-corrected chi connectivity index (χ2v) is 3.21. The molecule has 1 aromatic rings. The molecule has 1 rings (SSSR count). The largest absolute Gasteiger partial charge is 0.352 e. The van der Waals surface area contributed by atoms with E-state index < -0.39 is 0 Å². The lowest BCUT2D eigenvalue weighted by Crippen LogP contribution is -2.03. The number of methoxy groups -OCH3 is 2. The lowest BCUT2D eigenvalue weighted by molar-refractivity contribution is -0.106. The van der Waals surface area contributed by atoms with Gasteiger partial charge in [0.15, 0.2) is 6.29 Å². The second-order valence-electron chi connectivity index (χ2n) is 3.21. The van der Waals surface area contributed by atoms with E-state index in [1.54, 1.807) is 14.2 Å². The summed E-state index contributed by atoms with van der Waals surface area (Å²) in [5, 5.41) is 8.50. The van der Waals surface area contributed by atoms with Crippen molar-refractivity contribution in [1.29, 1.82) is 5.26 Å². The van der Waals surface area contributed by atoms with E-state index in [2.05, 4.69) is 6.07 Å². The lowest BCUT2D eigenvalue weighted by Gasteiger charge is -2.14. The molecule has 0 aliphatic heterocycles. The topological polar surface area (TPSA) is 42.2 Å². The molecule has 0 saturated heterocycles. The molecule has 0 atom stereocenters. The summed E-state index contributed by atoms with van der Waals surface area (Å²) in [6, 6.07) is 10.0. The van der Waals surface area contributed by atoms with Gasteiger partial charge in [0.2, 0.25) is 0 Å². The van der Waals surface area contributed by atoms with Crippen molar-refractivity contribution in [3.05, 3.63) is 35.4 Å². The van der Waals surface area contributed by atoms with Crippen LogP contribution in [0.3, 0.4) is 0 Å². The minimum atomic E-state index is -0.327. The van der Waals surface area contributed by atoms with Crippen LogP contribution < -0.4 is 0 Å². The smallest absolute Gasteiger partial charge is 0.183 e. The van der Waals surface area contributed by atoms with Crippen molar-refractivity contribution in [2.75, 3.05) is 14.2 Å². The molecule has 0 radical (unpaired) electrons. The molecule has 0 bridgehead atoms. The molecule has 0 saturated carbocycles. The molecule has 1 aromatic carbocycles. The number of aryl methyl sites for hydroxylation is 1. The average molecular weight is 205 g/mol. The van der Waals surface area contributed by atoms with Crippen molar-refractivity contribution >= 4 is 0 Å². The van der Waals surface area contributed by atoms with Crippen molar-refractivity contribution in [1.82, 2.24) is 0 Å². The minimum Gasteiger partial charge on any atom is -0.352 e. The quantitative estimate of drug-likeness (QED) is 0.693. The maximum atomic E-state index is 8.50. The number of nitriles is 1. The van der Waals surface area contributed by atoms with Crippen LogP contribution in [0.4, 0.5) is 0 Å². The van der Waals surface area contributed by atoms with E-state index >= 15 is 0 Å². The van der Waals surface area contributed by atoms with Gasteiger partial charge in [-0.3, -0.25) is 0 Å². The van der Waals surface area contributed by atoms with Gasteiger partial charge in [-0.25, -0.2) is 0 Å². The van der Waals surface area contributed by atoms with Crippen molar-refractivity contribution in [2.45, 2.75) is 19.1 Å². The van der Waals surface area contributed by atoms with Crippen LogP contribution in [0.1, 0.15) is 23.8 Å². The van der Waals surface area contributed by atoms with Crippen LogP contribution in [-0.4, -0.2) is 14.2 Å². The van der Waals surface area contributed by atoms with Crippen LogP contribution in [0.15, 0.2) is 24.3 Å². The van der Waals surface area contributed by atoms with Gasteiger partial charge in [-0.1, -0.05) is 24.3 Å². The van der Waals surface area contributed by atoms with Gasteiger partial charge in [0.1, 0.15) is 0 Å². The van der Waals surface area contributed by atoms with Crippen molar-refractivity contribution in [3.8, 4) is 6.07 Å². The minimum absolute atomic E-state index is 0.327. The molecular weight excluding hydrogens is 190 g/mol. The zero-order chi connectivity index (χ0) is 11.1. The van der Waals surface area contributed by atoms with Gasteiger partial charge in [-0.05, 0) is 12.0 Å². The van der Waals surface area contributed by atoms with E-state index in [4.69, 9.17) is 14.7 Å². The first-order chi connectivity index (χ1) is 7.31. The highest BCUT2D eigenvalue weighted by molar-refractivity contribution is 5.24. The summed E-state index contributed by atoms with van der Waals surface area (Å²) in [4.78, 5) is 0. The molecule has 3 nitrogen and oxygen atoms in total. The van der Waals surface area contributed by atoms with Gasteiger partial charge in [0, 0.05) is 26.2 Å². The molecule has 0 aromatic heterocycles. The molecule has 0 aliphatic rings. The molecule has 0 heterocycles. The first-order valence-corrected chi connectivity index (χ1v) is 4.83. The van der Waals surface area contributed by atoms with E-state index in [1.807, 2.05) is 24.3 Å². The van der Waals surface area contributed by atoms with Crippen LogP contribution in [-0.2, 0) is 15.9 Å². The van der Waals surface area contributed by atoms with E-state index in [0.29, 0.717) is 6.42 Å². The fourth-order valence-corrected chi connectivity index (χ4v) is 1.46. The van der Waals surface area contributed by atoms with Gasteiger partial charge in [0.05, 0.1) is 6.07 Å². The second kappa shape index (κ2) is 6.18. The van der Waals surface area contributed by atoms with Crippen molar-refractivity contribution < 1.29 is 9.47 Å². The highest BCUT2D eigenvalue weighted by Crippen LogP contribution is 2.18. The fraction of sp³-hybridized carbons (Fsp3) is 0.417. The summed E-state index contributed by atoms with van der Waals surface area (Å²) in [7, 11) is 3.21. The van der Waals surface area contributed by atoms with Crippen molar-refractivity contribution in [2.24, 2.45) is 0 Å². The highest BCUT2D eigenvalue weighted by atomic mass is 16.7. The molecular formula is C12H15NO2. The van der Waals surface area contributed by atoms with Gasteiger partial charge < -0.3 is 9.47 Å². The number of rotatable bonds is 5. The summed E-state index contributed by atoms with van der Waals surface area (Å²) in [5.41, 5.74) is 2.11. The Morgan fingerprint density at radius 1 is 1.33 bits per heavy atom. The Labute approximate surface area is 90.2 Å². The van der Waals surface area contributed by atoms with E-state index in [0.717, 1.165) is 17.5 Å². The number of nitrogens with zero attached hydrogens (tertiary/aromatic N) is 1. The van der Waals surface area contributed by atoms with Gasteiger partial charge in [0.25, 0.3) is 0 Å². The molecule has 0 amide bonds. The zero-order valence-electron chi connectivity index (χ0n) is 9.06. The standard InChI is InChI=1S/C12H15NO2/c1-14-12(15-2)11-7-3-5-10(9-11)6-4-8-13/h3,5,7,9,12H,4,6H2,1-2H3. The molecule has 0 spiro atoms. The summed E-state index contributed by atoms with van der Waals surface area (Å²) in [6.45, 7) is 0. The first-order valence-electron chi connectivity index (χ1n) is 4.83. The number of hydrogen-bond donors (Lipinski definition) is 0. The van der Waals surface area contributed by atoms with Gasteiger partial charge in [-0.2, -0.15) is 5.26 Å². The van der Waals surface area contributed by atoms with Gasteiger partial charge in [-0.15, -0.1) is 0 Å². The SMILES string of the molecule is COC(OC)c1cccc(CCC#N)c1. The average Bonchev–Trinajstić information content (AvgIpc) is 2.29. The molecule has 3 heteroatoms. The number of ether oxygens (including phenoxy) is 2. The highest BCUT2D eigenvalue weighted by Gasteiger charge is 2.08. The summed E-state index contributed by atoms with van der Waals surface area (Å²) < 4.78 is 10.3. The Bertz CT molecular complexity index is 340. The molecule has 0 unspecified atom stereocenters. The Balaban J connectivity index is 2.77. The predicted octanol–water partition coefficient (Wildman–Crippen LogP) is 2.43. The molecule has 15 heavy (non-hydrogen) atoms. The molecule has 80 valence electrons. The van der Waals surface area contributed by atoms with E-state index in [1.165, 1.54) is 0 Å². The predicted molar refractivity (Wildman–Crippen MR) is 57.1 cm³/mol. The maximum Gasteiger partial charge on any atom is 0.183 e. The third kappa shape index (κ3) is 3.35. The first kappa shape index (κ1) is 11.7. The zero-order valence-corrected chi connectivity index (χ0v) is 9.06. The van der Waals surface area contributed by atoms with Crippen LogP contribution in [0.5, 0.6) is 0 Å². The molecule has 0 aliphatic carbocycles. The fourth-order valence-electron chi connectivity index (χ4n) is 1.46. The van der Waals surface area contributed by atoms with Gasteiger partial charge >= 0.3 is 0 Å². The molecule has 0 fully saturated rings. The normalized spacial score (nSPS) is 10.3. The van der Waals surface area contributed by atoms with Crippen LogP contribution >= 0.6 is 0 Å². The monoisotopic (exact) mass is 205 g/mol. The van der Waals surface area contributed by atoms with Crippen LogP contribution in [0, 0.1) is 11.3 Å². The van der Waals surface area contributed by atoms with Crippen molar-refractivity contribution in [3.63, 3.8) is 0 Å². The Kier molecular flexibility index (Phi) is 4.82. The number of hydrogen-bond acceptors (Lipinski definition) is 3. The molecule has 0 N–H and O–H groups in total. The van der Waals surface area contributed by atoms with E-state index in [-0.39, 0.29) is 6.29 Å². The van der Waals surface area contributed by atoms with Crippen LogP contribution in [0.2, 0.25) is 0 Å². The summed E-state index contributed by atoms with van der Waals surface area (Å²) >= 11 is 0. The third-order valence-corrected chi connectivity index (χ3v) is 2.18. The van der Waals surface area contributed by atoms with Crippen LogP contribution in [0.25, 0.3) is 0 Å². The summed E-state index contributed by atoms with van der Waals surface area (Å²) in [5.74, 6) is 0. The third-order valence-electron chi connectivity index (χ3n) is 2.18. The lowest BCUT2D eigenvalue weighted by atomic mass is 10.1. The van der Waals surface area contributed by atoms with E-state index in [9.17, 15) is 0 Å². The maximum absolute atomic E-state index is 8.50.